The lowest BCUT2D eigenvalue weighted by Gasteiger charge is -2.08. The third kappa shape index (κ3) is 4.20. The molecule has 0 bridgehead atoms. The molecule has 2 aromatic carbocycles. The average molecular weight is 374 g/mol. The smallest absolute Gasteiger partial charge is 0.315 e. The molecule has 0 saturated carbocycles. The second-order valence-corrected chi connectivity index (χ2v) is 6.52. The van der Waals surface area contributed by atoms with E-state index in [1.165, 1.54) is 0 Å². The van der Waals surface area contributed by atoms with E-state index in [-0.39, 0.29) is 6.03 Å². The van der Waals surface area contributed by atoms with Crippen LogP contribution < -0.4 is 10.6 Å². The predicted octanol–water partition coefficient (Wildman–Crippen LogP) is 3.11. The summed E-state index contributed by atoms with van der Waals surface area (Å²) in [6.07, 6.45) is 6.35. The highest BCUT2D eigenvalue weighted by atomic mass is 16.2. The zero-order chi connectivity index (χ0) is 19.2. The number of amides is 2. The van der Waals surface area contributed by atoms with Gasteiger partial charge in [-0.2, -0.15) is 5.10 Å². The number of hydrogen-bond acceptors (Lipinski definition) is 3. The van der Waals surface area contributed by atoms with Crippen LogP contribution in [-0.2, 0) is 13.1 Å². The highest BCUT2D eigenvalue weighted by Gasteiger charge is 2.04. The molecule has 2 amide bonds. The maximum absolute atomic E-state index is 12.0. The van der Waals surface area contributed by atoms with Gasteiger partial charge in [-0.3, -0.25) is 0 Å². The number of nitrogens with zero attached hydrogens (tertiary/aromatic N) is 4. The summed E-state index contributed by atoms with van der Waals surface area (Å²) in [4.78, 5) is 16.4. The lowest BCUT2D eigenvalue weighted by Crippen LogP contribution is -2.35. The zero-order valence-corrected chi connectivity index (χ0v) is 15.5. The molecule has 0 radical (unpaired) electrons. The van der Waals surface area contributed by atoms with Gasteiger partial charge in [-0.15, -0.1) is 0 Å². The van der Waals surface area contributed by atoms with E-state index in [0.29, 0.717) is 13.1 Å². The molecule has 0 unspecified atom stereocenters. The molecule has 2 aromatic heterocycles. The second-order valence-electron chi connectivity index (χ2n) is 6.52. The van der Waals surface area contributed by atoms with Crippen LogP contribution in [0.5, 0.6) is 0 Å². The normalized spacial score (nSPS) is 10.9. The van der Waals surface area contributed by atoms with E-state index in [9.17, 15) is 4.79 Å². The molecular formula is C21H22N6O. The van der Waals surface area contributed by atoms with E-state index in [1.54, 1.807) is 10.9 Å². The fourth-order valence-corrected chi connectivity index (χ4v) is 3.06. The fraction of sp³-hybridized carbons (Fsp3) is 0.190. The Labute approximate surface area is 163 Å². The van der Waals surface area contributed by atoms with Crippen LogP contribution in [0.2, 0.25) is 0 Å². The Kier molecular flexibility index (Phi) is 5.33. The number of imidazole rings is 1. The molecule has 142 valence electrons. The third-order valence-electron chi connectivity index (χ3n) is 4.50. The standard InChI is InChI=1S/C21H22N6O/c28-21(22-11-6-12-26-16-24-19-9-4-5-10-20(19)26)23-13-17-14-25-27(15-17)18-7-2-1-3-8-18/h1-5,7-10,14-16H,6,11-13H2,(H2,22,23,28). The average Bonchev–Trinajstić information content (AvgIpc) is 3.38. The number of para-hydroxylation sites is 3. The number of aromatic nitrogens is 4. The minimum atomic E-state index is -0.178. The van der Waals surface area contributed by atoms with Gasteiger partial charge in [-0.25, -0.2) is 14.5 Å². The summed E-state index contributed by atoms with van der Waals surface area (Å²) in [5, 5.41) is 10.1. The first-order valence-corrected chi connectivity index (χ1v) is 9.30. The van der Waals surface area contributed by atoms with Gasteiger partial charge in [0.25, 0.3) is 0 Å². The number of aryl methyl sites for hydroxylation is 1. The number of fused-ring (bicyclic) bond motifs is 1. The Hall–Kier alpha value is -3.61. The first kappa shape index (κ1) is 17.8. The summed E-state index contributed by atoms with van der Waals surface area (Å²) in [7, 11) is 0. The van der Waals surface area contributed by atoms with Gasteiger partial charge in [0.2, 0.25) is 0 Å². The largest absolute Gasteiger partial charge is 0.338 e. The monoisotopic (exact) mass is 374 g/mol. The quantitative estimate of drug-likeness (QED) is 0.488. The number of hydrogen-bond donors (Lipinski definition) is 2. The van der Waals surface area contributed by atoms with Crippen LogP contribution in [0.15, 0.2) is 73.3 Å². The molecule has 28 heavy (non-hydrogen) atoms. The molecule has 0 spiro atoms. The summed E-state index contributed by atoms with van der Waals surface area (Å²) in [6.45, 7) is 1.84. The summed E-state index contributed by atoms with van der Waals surface area (Å²) in [5.74, 6) is 0. The van der Waals surface area contributed by atoms with Crippen LogP contribution in [0.3, 0.4) is 0 Å². The molecule has 0 aliphatic carbocycles. The molecule has 4 aromatic rings. The van der Waals surface area contributed by atoms with Crippen molar-refractivity contribution in [2.45, 2.75) is 19.5 Å². The van der Waals surface area contributed by atoms with Crippen molar-refractivity contribution in [1.29, 1.82) is 0 Å². The van der Waals surface area contributed by atoms with Crippen molar-refractivity contribution in [3.8, 4) is 5.69 Å². The number of benzene rings is 2. The Morgan fingerprint density at radius 3 is 2.71 bits per heavy atom. The van der Waals surface area contributed by atoms with Crippen molar-refractivity contribution in [2.75, 3.05) is 6.54 Å². The van der Waals surface area contributed by atoms with E-state index in [0.717, 1.165) is 35.2 Å². The van der Waals surface area contributed by atoms with Crippen LogP contribution in [0.4, 0.5) is 4.79 Å². The summed E-state index contributed by atoms with van der Waals surface area (Å²) >= 11 is 0. The molecule has 0 fully saturated rings. The number of rotatable bonds is 7. The molecular weight excluding hydrogens is 352 g/mol. The van der Waals surface area contributed by atoms with Crippen molar-refractivity contribution in [2.24, 2.45) is 0 Å². The third-order valence-corrected chi connectivity index (χ3v) is 4.50. The van der Waals surface area contributed by atoms with E-state index < -0.39 is 0 Å². The zero-order valence-electron chi connectivity index (χ0n) is 15.5. The SMILES string of the molecule is O=C(NCCCn1cnc2ccccc21)NCc1cnn(-c2ccccc2)c1. The number of nitrogens with one attached hydrogen (secondary N) is 2. The summed E-state index contributed by atoms with van der Waals surface area (Å²) in [6, 6.07) is 17.7. The molecule has 7 nitrogen and oxygen atoms in total. The fourth-order valence-electron chi connectivity index (χ4n) is 3.06. The topological polar surface area (TPSA) is 76.8 Å². The first-order chi connectivity index (χ1) is 13.8. The van der Waals surface area contributed by atoms with Crippen molar-refractivity contribution in [3.63, 3.8) is 0 Å². The molecule has 0 aliphatic rings. The van der Waals surface area contributed by atoms with Gasteiger partial charge in [0.05, 0.1) is 29.2 Å². The Morgan fingerprint density at radius 2 is 1.82 bits per heavy atom. The maximum atomic E-state index is 12.0. The first-order valence-electron chi connectivity index (χ1n) is 9.30. The van der Waals surface area contributed by atoms with Crippen LogP contribution >= 0.6 is 0 Å². The van der Waals surface area contributed by atoms with Crippen LogP contribution in [-0.4, -0.2) is 31.9 Å². The van der Waals surface area contributed by atoms with Crippen LogP contribution in [0.25, 0.3) is 16.7 Å². The Bertz CT molecular complexity index is 1050. The molecule has 0 saturated heterocycles. The molecule has 7 heteroatoms. The van der Waals surface area contributed by atoms with Crippen molar-refractivity contribution >= 4 is 17.1 Å². The van der Waals surface area contributed by atoms with Crippen LogP contribution in [0.1, 0.15) is 12.0 Å². The van der Waals surface area contributed by atoms with Gasteiger partial charge < -0.3 is 15.2 Å². The van der Waals surface area contributed by atoms with E-state index in [4.69, 9.17) is 0 Å². The minimum Gasteiger partial charge on any atom is -0.338 e. The number of carbonyl (C=O) groups excluding carboxylic acids is 1. The number of carbonyl (C=O) groups is 1. The maximum Gasteiger partial charge on any atom is 0.315 e. The molecule has 2 heterocycles. The lowest BCUT2D eigenvalue weighted by molar-refractivity contribution is 0.240. The molecule has 0 atom stereocenters. The molecule has 0 aliphatic heterocycles. The van der Waals surface area contributed by atoms with Gasteiger partial charge in [0, 0.05) is 31.4 Å². The van der Waals surface area contributed by atoms with Gasteiger partial charge in [0.1, 0.15) is 0 Å². The summed E-state index contributed by atoms with van der Waals surface area (Å²) < 4.78 is 3.90. The summed E-state index contributed by atoms with van der Waals surface area (Å²) in [5.41, 5.74) is 4.04. The van der Waals surface area contributed by atoms with Crippen molar-refractivity contribution < 1.29 is 4.79 Å². The van der Waals surface area contributed by atoms with Gasteiger partial charge >= 0.3 is 6.03 Å². The van der Waals surface area contributed by atoms with Gasteiger partial charge in [-0.1, -0.05) is 30.3 Å². The second kappa shape index (κ2) is 8.39. The van der Waals surface area contributed by atoms with Gasteiger partial charge in [0.15, 0.2) is 0 Å². The highest BCUT2D eigenvalue weighted by Crippen LogP contribution is 2.12. The Morgan fingerprint density at radius 1 is 1.00 bits per heavy atom. The minimum absolute atomic E-state index is 0.178. The van der Waals surface area contributed by atoms with E-state index in [1.807, 2.05) is 61.1 Å². The van der Waals surface area contributed by atoms with Crippen LogP contribution in [0, 0.1) is 0 Å². The van der Waals surface area contributed by atoms with Crippen molar-refractivity contribution in [1.82, 2.24) is 30.0 Å². The van der Waals surface area contributed by atoms with E-state index in [2.05, 4.69) is 31.3 Å². The lowest BCUT2D eigenvalue weighted by atomic mass is 10.3. The molecule has 4 rings (SSSR count). The predicted molar refractivity (Wildman–Crippen MR) is 108 cm³/mol. The van der Waals surface area contributed by atoms with Crippen molar-refractivity contribution in [3.05, 3.63) is 78.9 Å². The Balaban J connectivity index is 1.20. The van der Waals surface area contributed by atoms with E-state index >= 15 is 0 Å². The van der Waals surface area contributed by atoms with Gasteiger partial charge in [-0.05, 0) is 30.7 Å². The molecule has 2 N–H and O–H groups in total. The number of urea groups is 1. The highest BCUT2D eigenvalue weighted by molar-refractivity contribution is 5.75.